The molecule has 0 heterocycles. The van der Waals surface area contributed by atoms with Crippen LogP contribution in [0.1, 0.15) is 174 Å². The molecule has 0 aromatic heterocycles. The minimum absolute atomic E-state index is 0.0885. The fourth-order valence-electron chi connectivity index (χ4n) is 5.52. The van der Waals surface area contributed by atoms with Gasteiger partial charge in [0.15, 0.2) is 0 Å². The first-order valence-electron chi connectivity index (χ1n) is 20.6. The molecule has 0 aliphatic heterocycles. The van der Waals surface area contributed by atoms with Gasteiger partial charge in [0.2, 0.25) is 0 Å². The summed E-state index contributed by atoms with van der Waals surface area (Å²) in [6.45, 7) is 5.60. The number of hydrogen-bond acceptors (Lipinski definition) is 6. The van der Waals surface area contributed by atoms with Gasteiger partial charge in [-0.1, -0.05) is 147 Å². The number of phosphoric ester groups is 1. The van der Waals surface area contributed by atoms with Gasteiger partial charge in [0, 0.05) is 13.0 Å². The van der Waals surface area contributed by atoms with Crippen LogP contribution < -0.4 is 0 Å². The number of nitrogens with zero attached hydrogens (tertiary/aromatic N) is 1. The van der Waals surface area contributed by atoms with E-state index in [1.165, 1.54) is 109 Å². The van der Waals surface area contributed by atoms with E-state index in [-0.39, 0.29) is 25.8 Å². The lowest BCUT2D eigenvalue weighted by molar-refractivity contribution is -0.870. The van der Waals surface area contributed by atoms with Crippen LogP contribution >= 0.6 is 7.82 Å². The van der Waals surface area contributed by atoms with Crippen molar-refractivity contribution in [1.82, 2.24) is 0 Å². The van der Waals surface area contributed by atoms with Crippen LogP contribution in [0, 0.1) is 0 Å². The zero-order chi connectivity index (χ0) is 37.0. The summed E-state index contributed by atoms with van der Waals surface area (Å²) in [5, 5.41) is 0. The van der Waals surface area contributed by atoms with Gasteiger partial charge in [0.05, 0.1) is 34.4 Å². The molecule has 0 fully saturated rings. The summed E-state index contributed by atoms with van der Waals surface area (Å²) < 4.78 is 34.9. The second-order valence-electron chi connectivity index (χ2n) is 15.0. The number of carbonyl (C=O) groups excluding carboxylic acids is 1. The number of esters is 1. The smallest absolute Gasteiger partial charge is 0.457 e. The SMILES string of the molecule is CCCCCC/C=C\C/C=C\CCCCCCCCCC(=O)OC(COCCCCCCCCCCCC)COP(=O)(O)OCC[N+](C)(C)C. The van der Waals surface area contributed by atoms with Crippen LogP contribution in [0.3, 0.4) is 0 Å². The predicted molar refractivity (Wildman–Crippen MR) is 210 cm³/mol. The van der Waals surface area contributed by atoms with E-state index in [1.807, 2.05) is 21.1 Å². The van der Waals surface area contributed by atoms with Crippen molar-refractivity contribution in [2.45, 2.75) is 180 Å². The molecule has 0 rings (SSSR count). The molecule has 0 amide bonds. The number of rotatable bonds is 38. The molecule has 0 saturated heterocycles. The summed E-state index contributed by atoms with van der Waals surface area (Å²) in [5.74, 6) is -0.321. The highest BCUT2D eigenvalue weighted by atomic mass is 31.2. The molecule has 50 heavy (non-hydrogen) atoms. The van der Waals surface area contributed by atoms with E-state index in [0.717, 1.165) is 44.9 Å². The van der Waals surface area contributed by atoms with E-state index in [9.17, 15) is 14.3 Å². The number of likely N-dealkylation sites (N-methyl/N-ethyl adjacent to an activating group) is 1. The number of ether oxygens (including phenoxy) is 2. The molecule has 9 heteroatoms. The number of quaternary nitrogens is 1. The molecule has 8 nitrogen and oxygen atoms in total. The van der Waals surface area contributed by atoms with Crippen molar-refractivity contribution >= 4 is 13.8 Å². The average molecular weight is 731 g/mol. The fourth-order valence-corrected chi connectivity index (χ4v) is 6.26. The number of phosphoric acid groups is 1. The number of allylic oxidation sites excluding steroid dienone is 4. The third-order valence-electron chi connectivity index (χ3n) is 8.77. The Morgan fingerprint density at radius 2 is 1.10 bits per heavy atom. The molecule has 2 unspecified atom stereocenters. The Hall–Kier alpha value is -1.02. The standard InChI is InChI=1S/C41H80NO7P/c1-6-8-10-12-14-16-18-19-20-21-22-23-24-25-26-28-30-32-34-41(43)49-40(39-48-50(44,45)47-37-35-42(3,4)5)38-46-36-33-31-29-27-17-15-13-11-9-7-2/h16,18,20-21,40H,6-15,17,19,22-39H2,1-5H3/p+1/b18-16-,21-20-. The van der Waals surface area contributed by atoms with Gasteiger partial charge in [-0.05, 0) is 44.9 Å². The molecule has 0 aliphatic rings. The lowest BCUT2D eigenvalue weighted by atomic mass is 10.1. The Balaban J connectivity index is 4.23. The van der Waals surface area contributed by atoms with Crippen molar-refractivity contribution in [3.05, 3.63) is 24.3 Å². The van der Waals surface area contributed by atoms with Crippen LogP contribution in [0.2, 0.25) is 0 Å². The molecule has 0 radical (unpaired) electrons. The molecule has 0 aromatic rings. The Bertz CT molecular complexity index is 858. The molecule has 0 aliphatic carbocycles. The molecule has 0 spiro atoms. The quantitative estimate of drug-likeness (QED) is 0.0222. The molecular formula is C41H81NO7P+. The molecule has 296 valence electrons. The van der Waals surface area contributed by atoms with E-state index in [0.29, 0.717) is 24.1 Å². The van der Waals surface area contributed by atoms with E-state index in [2.05, 4.69) is 38.2 Å². The van der Waals surface area contributed by atoms with E-state index >= 15 is 0 Å². The van der Waals surface area contributed by atoms with Gasteiger partial charge in [-0.2, -0.15) is 0 Å². The topological polar surface area (TPSA) is 91.3 Å². The molecular weight excluding hydrogens is 649 g/mol. The van der Waals surface area contributed by atoms with Crippen LogP contribution in [0.4, 0.5) is 0 Å². The zero-order valence-corrected chi connectivity index (χ0v) is 34.3. The molecule has 0 aromatic carbocycles. The first-order valence-corrected chi connectivity index (χ1v) is 22.1. The van der Waals surface area contributed by atoms with Crippen LogP contribution in [-0.4, -0.2) is 75.6 Å². The fraction of sp³-hybridized carbons (Fsp3) is 0.878. The van der Waals surface area contributed by atoms with Gasteiger partial charge in [0.25, 0.3) is 0 Å². The predicted octanol–water partition coefficient (Wildman–Crippen LogP) is 11.7. The Morgan fingerprint density at radius 3 is 1.64 bits per heavy atom. The van der Waals surface area contributed by atoms with E-state index < -0.39 is 13.9 Å². The Morgan fingerprint density at radius 1 is 0.620 bits per heavy atom. The maximum absolute atomic E-state index is 12.6. The highest BCUT2D eigenvalue weighted by molar-refractivity contribution is 7.47. The van der Waals surface area contributed by atoms with Gasteiger partial charge in [-0.3, -0.25) is 13.8 Å². The maximum atomic E-state index is 12.6. The highest BCUT2D eigenvalue weighted by Gasteiger charge is 2.26. The molecule has 0 saturated carbocycles. The summed E-state index contributed by atoms with van der Waals surface area (Å²) in [5.41, 5.74) is 0. The van der Waals surface area contributed by atoms with Crippen LogP contribution in [0.25, 0.3) is 0 Å². The molecule has 1 N–H and O–H groups in total. The summed E-state index contributed by atoms with van der Waals surface area (Å²) >= 11 is 0. The first kappa shape index (κ1) is 49.0. The lowest BCUT2D eigenvalue weighted by Crippen LogP contribution is -2.37. The highest BCUT2D eigenvalue weighted by Crippen LogP contribution is 2.43. The third kappa shape index (κ3) is 38.2. The van der Waals surface area contributed by atoms with Crippen molar-refractivity contribution in [2.75, 3.05) is 54.1 Å². The monoisotopic (exact) mass is 731 g/mol. The van der Waals surface area contributed by atoms with Crippen molar-refractivity contribution < 1.29 is 37.3 Å². The van der Waals surface area contributed by atoms with E-state index in [4.69, 9.17) is 18.5 Å². The van der Waals surface area contributed by atoms with Gasteiger partial charge >= 0.3 is 13.8 Å². The van der Waals surface area contributed by atoms with Gasteiger partial charge in [-0.15, -0.1) is 0 Å². The minimum atomic E-state index is -4.27. The normalized spacial score (nSPS) is 14.1. The van der Waals surface area contributed by atoms with Crippen LogP contribution in [0.5, 0.6) is 0 Å². The average Bonchev–Trinajstić information content (AvgIpc) is 3.06. The summed E-state index contributed by atoms with van der Waals surface area (Å²) in [4.78, 5) is 22.8. The van der Waals surface area contributed by atoms with Crippen molar-refractivity contribution in [3.8, 4) is 0 Å². The van der Waals surface area contributed by atoms with Crippen LogP contribution in [-0.2, 0) is 27.9 Å². The second kappa shape index (κ2) is 35.0. The van der Waals surface area contributed by atoms with Gasteiger partial charge in [0.1, 0.15) is 19.3 Å². The lowest BCUT2D eigenvalue weighted by Gasteiger charge is -2.24. The van der Waals surface area contributed by atoms with Crippen molar-refractivity contribution in [1.29, 1.82) is 0 Å². The van der Waals surface area contributed by atoms with Crippen molar-refractivity contribution in [2.24, 2.45) is 0 Å². The van der Waals surface area contributed by atoms with Gasteiger partial charge in [-0.25, -0.2) is 4.57 Å². The number of unbranched alkanes of at least 4 members (excludes halogenated alkanes) is 20. The summed E-state index contributed by atoms with van der Waals surface area (Å²) in [6.07, 6.45) is 37.7. The third-order valence-corrected chi connectivity index (χ3v) is 9.75. The largest absolute Gasteiger partial charge is 0.472 e. The Labute approximate surface area is 309 Å². The number of hydrogen-bond donors (Lipinski definition) is 1. The molecule has 0 bridgehead atoms. The second-order valence-corrected chi connectivity index (χ2v) is 16.5. The number of carbonyl (C=O) groups is 1. The Kier molecular flexibility index (Phi) is 34.3. The zero-order valence-electron chi connectivity index (χ0n) is 33.4. The maximum Gasteiger partial charge on any atom is 0.472 e. The van der Waals surface area contributed by atoms with Gasteiger partial charge < -0.3 is 18.9 Å². The summed E-state index contributed by atoms with van der Waals surface area (Å²) in [6, 6.07) is 0. The molecule has 2 atom stereocenters. The summed E-state index contributed by atoms with van der Waals surface area (Å²) in [7, 11) is 1.66. The van der Waals surface area contributed by atoms with E-state index in [1.54, 1.807) is 0 Å². The first-order chi connectivity index (χ1) is 24.1. The van der Waals surface area contributed by atoms with Crippen LogP contribution in [0.15, 0.2) is 24.3 Å². The minimum Gasteiger partial charge on any atom is -0.457 e. The van der Waals surface area contributed by atoms with Crippen molar-refractivity contribution in [3.63, 3.8) is 0 Å².